The number of alkyl halides is 3. The molecule has 0 unspecified atom stereocenters. The lowest BCUT2D eigenvalue weighted by atomic mass is 10.4. The fourth-order valence-electron chi connectivity index (χ4n) is 1.89. The Balaban J connectivity index is 3.13. The highest BCUT2D eigenvalue weighted by molar-refractivity contribution is 5.43. The normalized spacial score (nSPS) is 11.5. The molecule has 0 saturated carbocycles. The van der Waals surface area contributed by atoms with Crippen molar-refractivity contribution in [3.8, 4) is 0 Å². The van der Waals surface area contributed by atoms with Gasteiger partial charge in [-0.3, -0.25) is 0 Å². The zero-order valence-electron chi connectivity index (χ0n) is 12.5. The van der Waals surface area contributed by atoms with Crippen LogP contribution in [0.5, 0.6) is 0 Å². The van der Waals surface area contributed by atoms with Crippen molar-refractivity contribution in [1.29, 1.82) is 0 Å². The number of hydrogen-bond donors (Lipinski definition) is 1. The Morgan fingerprint density at radius 1 is 0.952 bits per heavy atom. The zero-order chi connectivity index (χ0) is 16.0. The van der Waals surface area contributed by atoms with Crippen molar-refractivity contribution in [2.75, 3.05) is 41.7 Å². The molecule has 2 N–H and O–H groups in total. The van der Waals surface area contributed by atoms with E-state index in [-0.39, 0.29) is 18.4 Å². The zero-order valence-corrected chi connectivity index (χ0v) is 12.5. The highest BCUT2D eigenvalue weighted by Crippen LogP contribution is 2.21. The molecule has 0 radical (unpaired) electrons. The van der Waals surface area contributed by atoms with Gasteiger partial charge in [0.2, 0.25) is 17.8 Å². The fraction of sp³-hybridized carbons (Fsp3) is 0.750. The van der Waals surface area contributed by atoms with E-state index < -0.39 is 12.7 Å². The molecule has 1 rings (SSSR count). The lowest BCUT2D eigenvalue weighted by Gasteiger charge is -2.25. The number of anilines is 3. The van der Waals surface area contributed by atoms with Crippen molar-refractivity contribution in [2.24, 2.45) is 0 Å². The van der Waals surface area contributed by atoms with Gasteiger partial charge in [0.1, 0.15) is 6.54 Å². The fourth-order valence-corrected chi connectivity index (χ4v) is 1.89. The lowest BCUT2D eigenvalue weighted by molar-refractivity contribution is -0.119. The molecule has 0 amide bonds. The molecule has 0 saturated heterocycles. The van der Waals surface area contributed by atoms with Crippen molar-refractivity contribution in [3.63, 3.8) is 0 Å². The number of rotatable bonds is 7. The van der Waals surface area contributed by atoms with Gasteiger partial charge in [0.05, 0.1) is 0 Å². The minimum Gasteiger partial charge on any atom is -0.368 e. The monoisotopic (exact) mass is 306 g/mol. The minimum atomic E-state index is -4.33. The van der Waals surface area contributed by atoms with Crippen molar-refractivity contribution >= 4 is 17.8 Å². The molecule has 0 aliphatic carbocycles. The second-order valence-corrected chi connectivity index (χ2v) is 4.50. The topological polar surface area (TPSA) is 71.2 Å². The maximum atomic E-state index is 12.7. The van der Waals surface area contributed by atoms with Crippen LogP contribution in [0.3, 0.4) is 0 Å². The molecule has 0 aliphatic heterocycles. The van der Waals surface area contributed by atoms with E-state index in [0.717, 1.165) is 4.90 Å². The van der Waals surface area contributed by atoms with E-state index in [4.69, 9.17) is 5.73 Å². The average molecular weight is 306 g/mol. The van der Waals surface area contributed by atoms with Crippen LogP contribution in [-0.2, 0) is 0 Å². The summed E-state index contributed by atoms with van der Waals surface area (Å²) in [6, 6.07) is 0. The largest absolute Gasteiger partial charge is 0.406 e. The highest BCUT2D eigenvalue weighted by Gasteiger charge is 2.32. The average Bonchev–Trinajstić information content (AvgIpc) is 2.37. The van der Waals surface area contributed by atoms with Crippen LogP contribution in [0, 0.1) is 0 Å². The Kier molecular flexibility index (Phi) is 5.98. The van der Waals surface area contributed by atoms with E-state index in [1.807, 2.05) is 13.8 Å². The van der Waals surface area contributed by atoms with Gasteiger partial charge in [-0.05, 0) is 20.3 Å². The second kappa shape index (κ2) is 7.28. The first-order valence-corrected chi connectivity index (χ1v) is 6.88. The predicted molar refractivity (Wildman–Crippen MR) is 76.4 cm³/mol. The van der Waals surface area contributed by atoms with Gasteiger partial charge >= 0.3 is 6.18 Å². The van der Waals surface area contributed by atoms with Crippen LogP contribution in [0.15, 0.2) is 0 Å². The van der Waals surface area contributed by atoms with Gasteiger partial charge < -0.3 is 15.5 Å². The quantitative estimate of drug-likeness (QED) is 0.831. The van der Waals surface area contributed by atoms with Crippen LogP contribution < -0.4 is 15.5 Å². The molecule has 1 heterocycles. The standard InChI is InChI=1S/C12H21F3N6/c1-4-7-21(8-12(13,14)15)11-18-9(16)17-10(19-11)20(5-2)6-3/h4-8H2,1-3H3,(H2,16,17,18,19). The van der Waals surface area contributed by atoms with Gasteiger partial charge in [-0.15, -0.1) is 0 Å². The SMILES string of the molecule is CCCN(CC(F)(F)F)c1nc(N)nc(N(CC)CC)n1. The van der Waals surface area contributed by atoms with E-state index in [1.54, 1.807) is 11.8 Å². The van der Waals surface area contributed by atoms with Gasteiger partial charge in [0.25, 0.3) is 0 Å². The number of aromatic nitrogens is 3. The van der Waals surface area contributed by atoms with Gasteiger partial charge in [-0.2, -0.15) is 28.1 Å². The Morgan fingerprint density at radius 2 is 1.48 bits per heavy atom. The highest BCUT2D eigenvalue weighted by atomic mass is 19.4. The van der Waals surface area contributed by atoms with Crippen LogP contribution in [0.2, 0.25) is 0 Å². The molecule has 1 aromatic heterocycles. The predicted octanol–water partition coefficient (Wildman–Crippen LogP) is 2.08. The van der Waals surface area contributed by atoms with Crippen LogP contribution in [-0.4, -0.2) is 47.3 Å². The summed E-state index contributed by atoms with van der Waals surface area (Å²) in [7, 11) is 0. The molecule has 1 aromatic rings. The summed E-state index contributed by atoms with van der Waals surface area (Å²) in [5.74, 6) is 0.180. The third-order valence-corrected chi connectivity index (χ3v) is 2.82. The maximum Gasteiger partial charge on any atom is 0.406 e. The van der Waals surface area contributed by atoms with Gasteiger partial charge in [-0.1, -0.05) is 6.92 Å². The van der Waals surface area contributed by atoms with Crippen LogP contribution in [0.4, 0.5) is 31.0 Å². The van der Waals surface area contributed by atoms with Crippen molar-refractivity contribution < 1.29 is 13.2 Å². The summed E-state index contributed by atoms with van der Waals surface area (Å²) < 4.78 is 38.0. The Hall–Kier alpha value is -1.80. The Bertz CT molecular complexity index is 447. The Labute approximate surface area is 122 Å². The summed E-state index contributed by atoms with van der Waals surface area (Å²) >= 11 is 0. The van der Waals surface area contributed by atoms with Gasteiger partial charge in [0, 0.05) is 19.6 Å². The number of nitrogen functional groups attached to an aromatic ring is 1. The third kappa shape index (κ3) is 5.24. The van der Waals surface area contributed by atoms with Crippen molar-refractivity contribution in [3.05, 3.63) is 0 Å². The molecular weight excluding hydrogens is 285 g/mol. The number of nitrogens with two attached hydrogens (primary N) is 1. The van der Waals surface area contributed by atoms with Gasteiger partial charge in [0.15, 0.2) is 0 Å². The van der Waals surface area contributed by atoms with E-state index in [1.165, 1.54) is 0 Å². The van der Waals surface area contributed by atoms with E-state index in [0.29, 0.717) is 25.5 Å². The smallest absolute Gasteiger partial charge is 0.368 e. The first-order valence-electron chi connectivity index (χ1n) is 6.88. The molecule has 0 aromatic carbocycles. The molecule has 9 heteroatoms. The van der Waals surface area contributed by atoms with E-state index in [2.05, 4.69) is 15.0 Å². The minimum absolute atomic E-state index is 0.0384. The molecule has 0 atom stereocenters. The van der Waals surface area contributed by atoms with Crippen molar-refractivity contribution in [2.45, 2.75) is 33.4 Å². The molecule has 0 fully saturated rings. The number of nitrogens with zero attached hydrogens (tertiary/aromatic N) is 5. The van der Waals surface area contributed by atoms with Crippen LogP contribution >= 0.6 is 0 Å². The Morgan fingerprint density at radius 3 is 1.90 bits per heavy atom. The summed E-state index contributed by atoms with van der Waals surface area (Å²) in [6.45, 7) is 5.95. The molecule has 0 bridgehead atoms. The summed E-state index contributed by atoms with van der Waals surface area (Å²) in [5, 5.41) is 0. The van der Waals surface area contributed by atoms with Gasteiger partial charge in [-0.25, -0.2) is 0 Å². The van der Waals surface area contributed by atoms with Crippen LogP contribution in [0.1, 0.15) is 27.2 Å². The number of halogens is 3. The molecule has 0 aliphatic rings. The summed E-state index contributed by atoms with van der Waals surface area (Å²) in [5.41, 5.74) is 5.61. The van der Waals surface area contributed by atoms with Crippen LogP contribution in [0.25, 0.3) is 0 Å². The van der Waals surface area contributed by atoms with E-state index in [9.17, 15) is 13.2 Å². The lowest BCUT2D eigenvalue weighted by Crippen LogP contribution is -2.37. The summed E-state index contributed by atoms with van der Waals surface area (Å²) in [6.07, 6.45) is -3.78. The maximum absolute atomic E-state index is 12.7. The molecular formula is C12H21F3N6. The van der Waals surface area contributed by atoms with E-state index >= 15 is 0 Å². The molecule has 0 spiro atoms. The first kappa shape index (κ1) is 17.3. The summed E-state index contributed by atoms with van der Waals surface area (Å²) in [4.78, 5) is 14.8. The first-order chi connectivity index (χ1) is 9.80. The second-order valence-electron chi connectivity index (χ2n) is 4.50. The van der Waals surface area contributed by atoms with Crippen molar-refractivity contribution in [1.82, 2.24) is 15.0 Å². The third-order valence-electron chi connectivity index (χ3n) is 2.82. The molecule has 6 nitrogen and oxygen atoms in total. The number of hydrogen-bond acceptors (Lipinski definition) is 6. The molecule has 21 heavy (non-hydrogen) atoms. The molecule has 120 valence electrons.